The molecule has 3 rings (SSSR count). The number of para-hydroxylation sites is 1. The molecule has 1 amide bonds. The summed E-state index contributed by atoms with van der Waals surface area (Å²) in [6, 6.07) is 12.4. The van der Waals surface area contributed by atoms with Crippen molar-refractivity contribution in [3.05, 3.63) is 58.1 Å². The molecule has 8 heteroatoms. The Kier molecular flexibility index (Phi) is 5.53. The highest BCUT2D eigenvalue weighted by Crippen LogP contribution is 2.25. The number of fused-ring (bicyclic) bond motifs is 1. The van der Waals surface area contributed by atoms with Crippen molar-refractivity contribution in [1.29, 1.82) is 0 Å². The molecule has 0 aliphatic heterocycles. The molecule has 0 spiro atoms. The first-order valence-electron chi connectivity index (χ1n) is 7.43. The standard InChI is InChI=1S/C17H14Cl2N4OS/c1-10(21-17-22-14-4-2-3-5-15(14)25-17)16(24)23-20-9-11-6-7-12(18)13(19)8-11/h2-10H,1H3,(H,21,22)(H,23,24)/b20-9-/t10-/m1/s1. The number of nitrogens with one attached hydrogen (secondary N) is 2. The number of rotatable bonds is 5. The van der Waals surface area contributed by atoms with Gasteiger partial charge in [0.25, 0.3) is 5.91 Å². The topological polar surface area (TPSA) is 66.4 Å². The number of amides is 1. The Balaban J connectivity index is 1.58. The summed E-state index contributed by atoms with van der Waals surface area (Å²) in [6.45, 7) is 1.75. The highest BCUT2D eigenvalue weighted by Gasteiger charge is 2.14. The van der Waals surface area contributed by atoms with Gasteiger partial charge in [0.2, 0.25) is 0 Å². The molecule has 25 heavy (non-hydrogen) atoms. The van der Waals surface area contributed by atoms with Crippen LogP contribution in [0.3, 0.4) is 0 Å². The molecule has 0 saturated carbocycles. The van der Waals surface area contributed by atoms with Gasteiger partial charge in [-0.25, -0.2) is 10.4 Å². The lowest BCUT2D eigenvalue weighted by molar-refractivity contribution is -0.121. The summed E-state index contributed by atoms with van der Waals surface area (Å²) >= 11 is 13.3. The minimum atomic E-state index is -0.480. The Bertz CT molecular complexity index is 908. The average molecular weight is 393 g/mol. The molecule has 0 saturated heterocycles. The van der Waals surface area contributed by atoms with Crippen molar-refractivity contribution in [3.63, 3.8) is 0 Å². The molecule has 0 aliphatic carbocycles. The molecule has 2 aromatic carbocycles. The molecule has 0 radical (unpaired) electrons. The van der Waals surface area contributed by atoms with E-state index in [9.17, 15) is 4.79 Å². The molecule has 0 unspecified atom stereocenters. The van der Waals surface area contributed by atoms with Gasteiger partial charge in [-0.15, -0.1) is 0 Å². The zero-order valence-corrected chi connectivity index (χ0v) is 15.5. The van der Waals surface area contributed by atoms with Crippen LogP contribution in [-0.4, -0.2) is 23.1 Å². The fourth-order valence-electron chi connectivity index (χ4n) is 2.04. The Morgan fingerprint density at radius 2 is 2.04 bits per heavy atom. The first kappa shape index (κ1) is 17.7. The van der Waals surface area contributed by atoms with E-state index in [0.29, 0.717) is 15.2 Å². The molecule has 1 atom stereocenters. The van der Waals surface area contributed by atoms with Gasteiger partial charge in [-0.05, 0) is 36.8 Å². The van der Waals surface area contributed by atoms with Gasteiger partial charge in [0, 0.05) is 0 Å². The van der Waals surface area contributed by atoms with Crippen LogP contribution < -0.4 is 10.7 Å². The van der Waals surface area contributed by atoms with Crippen LogP contribution in [-0.2, 0) is 4.79 Å². The molecule has 5 nitrogen and oxygen atoms in total. The summed E-state index contributed by atoms with van der Waals surface area (Å²) in [4.78, 5) is 16.6. The van der Waals surface area contributed by atoms with Crippen LogP contribution in [0.5, 0.6) is 0 Å². The maximum Gasteiger partial charge on any atom is 0.262 e. The molecule has 1 heterocycles. The normalized spacial score (nSPS) is 12.4. The van der Waals surface area contributed by atoms with E-state index in [4.69, 9.17) is 23.2 Å². The summed E-state index contributed by atoms with van der Waals surface area (Å²) < 4.78 is 1.07. The van der Waals surface area contributed by atoms with Crippen LogP contribution in [0.25, 0.3) is 10.2 Å². The molecule has 0 aliphatic rings. The zero-order chi connectivity index (χ0) is 17.8. The molecule has 1 aromatic heterocycles. The maximum atomic E-state index is 12.1. The monoisotopic (exact) mass is 392 g/mol. The summed E-state index contributed by atoms with van der Waals surface area (Å²) in [5.41, 5.74) is 4.13. The Hall–Kier alpha value is -2.15. The Morgan fingerprint density at radius 1 is 1.24 bits per heavy atom. The smallest absolute Gasteiger partial charge is 0.262 e. The third kappa shape index (κ3) is 4.48. The van der Waals surface area contributed by atoms with Gasteiger partial charge >= 0.3 is 0 Å². The number of anilines is 1. The number of halogens is 2. The third-order valence-electron chi connectivity index (χ3n) is 3.36. The van der Waals surface area contributed by atoms with Crippen LogP contribution >= 0.6 is 34.5 Å². The van der Waals surface area contributed by atoms with E-state index in [1.165, 1.54) is 17.6 Å². The number of carbonyl (C=O) groups is 1. The van der Waals surface area contributed by atoms with E-state index in [2.05, 4.69) is 20.8 Å². The second-order valence-corrected chi connectivity index (χ2v) is 7.11. The maximum absolute atomic E-state index is 12.1. The Labute approximate surface area is 158 Å². The van der Waals surface area contributed by atoms with Gasteiger partial charge in [0.15, 0.2) is 5.13 Å². The number of hydrogen-bond donors (Lipinski definition) is 2. The van der Waals surface area contributed by atoms with E-state index in [0.717, 1.165) is 15.8 Å². The van der Waals surface area contributed by atoms with E-state index in [-0.39, 0.29) is 5.91 Å². The van der Waals surface area contributed by atoms with Gasteiger partial charge in [0.1, 0.15) is 6.04 Å². The highest BCUT2D eigenvalue weighted by atomic mass is 35.5. The second kappa shape index (κ2) is 7.82. The molecule has 0 bridgehead atoms. The number of aromatic nitrogens is 1. The fraction of sp³-hybridized carbons (Fsp3) is 0.118. The van der Waals surface area contributed by atoms with Gasteiger partial charge in [-0.2, -0.15) is 5.10 Å². The molecule has 0 fully saturated rings. The van der Waals surface area contributed by atoms with Crippen molar-refractivity contribution >= 4 is 62.0 Å². The van der Waals surface area contributed by atoms with Crippen LogP contribution in [0.4, 0.5) is 5.13 Å². The van der Waals surface area contributed by atoms with Crippen molar-refractivity contribution in [2.24, 2.45) is 5.10 Å². The first-order valence-corrected chi connectivity index (χ1v) is 9.00. The van der Waals surface area contributed by atoms with Crippen LogP contribution in [0.1, 0.15) is 12.5 Å². The van der Waals surface area contributed by atoms with E-state index in [1.807, 2.05) is 24.3 Å². The van der Waals surface area contributed by atoms with Crippen molar-refractivity contribution in [3.8, 4) is 0 Å². The fourth-order valence-corrected chi connectivity index (χ4v) is 3.30. The predicted molar refractivity (Wildman–Crippen MR) is 105 cm³/mol. The van der Waals surface area contributed by atoms with E-state index < -0.39 is 6.04 Å². The van der Waals surface area contributed by atoms with Gasteiger partial charge in [0.05, 0.1) is 26.5 Å². The molecule has 3 aromatic rings. The summed E-state index contributed by atoms with van der Waals surface area (Å²) in [6.07, 6.45) is 1.50. The average Bonchev–Trinajstić information content (AvgIpc) is 3.00. The lowest BCUT2D eigenvalue weighted by Gasteiger charge is -2.10. The molecule has 2 N–H and O–H groups in total. The van der Waals surface area contributed by atoms with Crippen molar-refractivity contribution in [1.82, 2.24) is 10.4 Å². The molecule has 128 valence electrons. The second-order valence-electron chi connectivity index (χ2n) is 5.26. The lowest BCUT2D eigenvalue weighted by Crippen LogP contribution is -2.34. The van der Waals surface area contributed by atoms with Crippen LogP contribution in [0, 0.1) is 0 Å². The van der Waals surface area contributed by atoms with Crippen molar-refractivity contribution in [2.75, 3.05) is 5.32 Å². The number of benzene rings is 2. The number of hydrogen-bond acceptors (Lipinski definition) is 5. The minimum Gasteiger partial charge on any atom is -0.350 e. The van der Waals surface area contributed by atoms with Crippen molar-refractivity contribution in [2.45, 2.75) is 13.0 Å². The van der Waals surface area contributed by atoms with Gasteiger partial charge in [-0.1, -0.05) is 52.7 Å². The highest BCUT2D eigenvalue weighted by molar-refractivity contribution is 7.22. The van der Waals surface area contributed by atoms with Crippen LogP contribution in [0.15, 0.2) is 47.6 Å². The van der Waals surface area contributed by atoms with Gasteiger partial charge < -0.3 is 5.32 Å². The molecular weight excluding hydrogens is 379 g/mol. The largest absolute Gasteiger partial charge is 0.350 e. The SMILES string of the molecule is C[C@@H](Nc1nc2ccccc2s1)C(=O)N/N=C\c1ccc(Cl)c(Cl)c1. The predicted octanol–water partition coefficient (Wildman–Crippen LogP) is 4.55. The number of thiazole rings is 1. The quantitative estimate of drug-likeness (QED) is 0.494. The van der Waals surface area contributed by atoms with Gasteiger partial charge in [-0.3, -0.25) is 4.79 Å². The minimum absolute atomic E-state index is 0.268. The summed E-state index contributed by atoms with van der Waals surface area (Å²) in [7, 11) is 0. The van der Waals surface area contributed by atoms with E-state index >= 15 is 0 Å². The summed E-state index contributed by atoms with van der Waals surface area (Å²) in [5.74, 6) is -0.268. The van der Waals surface area contributed by atoms with Crippen LogP contribution in [0.2, 0.25) is 10.0 Å². The van der Waals surface area contributed by atoms with E-state index in [1.54, 1.807) is 25.1 Å². The lowest BCUT2D eigenvalue weighted by atomic mass is 10.2. The summed E-state index contributed by atoms with van der Waals surface area (Å²) in [5, 5.41) is 8.61. The number of carbonyl (C=O) groups excluding carboxylic acids is 1. The Morgan fingerprint density at radius 3 is 2.80 bits per heavy atom. The number of hydrazone groups is 1. The molecular formula is C17H14Cl2N4OS. The number of nitrogens with zero attached hydrogens (tertiary/aromatic N) is 2. The zero-order valence-electron chi connectivity index (χ0n) is 13.2. The van der Waals surface area contributed by atoms with Crippen molar-refractivity contribution < 1.29 is 4.79 Å². The third-order valence-corrected chi connectivity index (χ3v) is 5.07. The first-order chi connectivity index (χ1) is 12.0.